The lowest BCUT2D eigenvalue weighted by Crippen LogP contribution is -2.19. The molecule has 1 heterocycles. The van der Waals surface area contributed by atoms with Gasteiger partial charge in [-0.1, -0.05) is 23.7 Å². The number of amides is 1. The number of carbonyl (C=O) groups is 1. The first-order valence-electron chi connectivity index (χ1n) is 5.88. The normalized spacial score (nSPS) is 16.8. The highest BCUT2D eigenvalue weighted by Gasteiger charge is 2.28. The van der Waals surface area contributed by atoms with Gasteiger partial charge in [0.15, 0.2) is 0 Å². The lowest BCUT2D eigenvalue weighted by molar-refractivity contribution is -0.116. The third-order valence-corrected chi connectivity index (χ3v) is 3.97. The van der Waals surface area contributed by atoms with Crippen LogP contribution in [0.25, 0.3) is 0 Å². The number of anilines is 1. The quantitative estimate of drug-likeness (QED) is 0.862. The molecule has 0 aliphatic carbocycles. The van der Waals surface area contributed by atoms with Gasteiger partial charge in [0.1, 0.15) is 17.5 Å². The van der Waals surface area contributed by atoms with Crippen LogP contribution >= 0.6 is 27.5 Å². The SMILES string of the molecule is NC1C(=O)Nc2cc(Oc3ccccc3Cl)c(Br)cc21. The minimum absolute atomic E-state index is 0.221. The number of hydrogen-bond donors (Lipinski definition) is 2. The Balaban J connectivity index is 1.99. The van der Waals surface area contributed by atoms with Crippen LogP contribution in [-0.4, -0.2) is 5.91 Å². The fraction of sp³-hybridized carbons (Fsp3) is 0.0714. The van der Waals surface area contributed by atoms with E-state index in [1.807, 2.05) is 12.1 Å². The van der Waals surface area contributed by atoms with Gasteiger partial charge in [-0.25, -0.2) is 0 Å². The molecule has 1 atom stereocenters. The molecule has 6 heteroatoms. The Hall–Kier alpha value is -1.56. The Morgan fingerprint density at radius 1 is 1.25 bits per heavy atom. The molecule has 0 radical (unpaired) electrons. The molecular formula is C14H10BrClN2O2. The highest BCUT2D eigenvalue weighted by molar-refractivity contribution is 9.10. The van der Waals surface area contributed by atoms with Crippen molar-refractivity contribution in [1.29, 1.82) is 0 Å². The van der Waals surface area contributed by atoms with E-state index in [0.717, 1.165) is 5.56 Å². The number of nitrogens with two attached hydrogens (primary N) is 1. The molecule has 0 aromatic heterocycles. The van der Waals surface area contributed by atoms with E-state index in [0.29, 0.717) is 26.7 Å². The van der Waals surface area contributed by atoms with E-state index in [1.165, 1.54) is 0 Å². The third-order valence-electron chi connectivity index (χ3n) is 3.04. The summed E-state index contributed by atoms with van der Waals surface area (Å²) in [6.07, 6.45) is 0. The van der Waals surface area contributed by atoms with Crippen molar-refractivity contribution in [1.82, 2.24) is 0 Å². The van der Waals surface area contributed by atoms with Crippen LogP contribution in [0.2, 0.25) is 5.02 Å². The van der Waals surface area contributed by atoms with Crippen LogP contribution in [0.3, 0.4) is 0 Å². The van der Waals surface area contributed by atoms with Crippen molar-refractivity contribution < 1.29 is 9.53 Å². The zero-order valence-electron chi connectivity index (χ0n) is 10.2. The minimum atomic E-state index is -0.643. The van der Waals surface area contributed by atoms with E-state index in [1.54, 1.807) is 24.3 Å². The fourth-order valence-corrected chi connectivity index (χ4v) is 2.63. The molecule has 0 spiro atoms. The van der Waals surface area contributed by atoms with Crippen LogP contribution in [-0.2, 0) is 4.79 Å². The summed E-state index contributed by atoms with van der Waals surface area (Å²) in [4.78, 5) is 11.6. The Bertz CT molecular complexity index is 706. The second-order valence-electron chi connectivity index (χ2n) is 4.37. The summed E-state index contributed by atoms with van der Waals surface area (Å²) in [6.45, 7) is 0. The van der Waals surface area contributed by atoms with Gasteiger partial charge in [-0.3, -0.25) is 4.79 Å². The molecule has 1 aliphatic rings. The van der Waals surface area contributed by atoms with Crippen molar-refractivity contribution >= 4 is 39.1 Å². The molecule has 2 aromatic carbocycles. The van der Waals surface area contributed by atoms with Gasteiger partial charge >= 0.3 is 0 Å². The predicted molar refractivity (Wildman–Crippen MR) is 81.2 cm³/mol. The van der Waals surface area contributed by atoms with Gasteiger partial charge in [-0.2, -0.15) is 0 Å². The topological polar surface area (TPSA) is 64.4 Å². The van der Waals surface area contributed by atoms with Crippen molar-refractivity contribution in [3.05, 3.63) is 51.5 Å². The number of nitrogens with one attached hydrogen (secondary N) is 1. The number of fused-ring (bicyclic) bond motifs is 1. The van der Waals surface area contributed by atoms with Gasteiger partial charge in [0.05, 0.1) is 9.50 Å². The summed E-state index contributed by atoms with van der Waals surface area (Å²) in [7, 11) is 0. The summed E-state index contributed by atoms with van der Waals surface area (Å²) in [5.74, 6) is 0.886. The first kappa shape index (κ1) is 13.4. The van der Waals surface area contributed by atoms with Crippen molar-refractivity contribution in [2.75, 3.05) is 5.32 Å². The molecule has 20 heavy (non-hydrogen) atoms. The first-order valence-corrected chi connectivity index (χ1v) is 7.05. The zero-order valence-corrected chi connectivity index (χ0v) is 12.5. The van der Waals surface area contributed by atoms with E-state index in [9.17, 15) is 4.79 Å². The molecular weight excluding hydrogens is 344 g/mol. The summed E-state index contributed by atoms with van der Waals surface area (Å²) < 4.78 is 6.48. The van der Waals surface area contributed by atoms with Crippen molar-refractivity contribution in [2.24, 2.45) is 5.73 Å². The summed E-state index contributed by atoms with van der Waals surface area (Å²) in [5, 5.41) is 3.23. The largest absolute Gasteiger partial charge is 0.455 e. The number of halogens is 2. The Morgan fingerprint density at radius 3 is 2.75 bits per heavy atom. The standard InChI is InChI=1S/C14H10BrClN2O2/c15-8-5-7-10(18-14(19)13(7)17)6-12(8)20-11-4-2-1-3-9(11)16/h1-6,13H,17H2,(H,18,19). The number of ether oxygens (including phenoxy) is 1. The minimum Gasteiger partial charge on any atom is -0.455 e. The summed E-state index contributed by atoms with van der Waals surface area (Å²) in [5.41, 5.74) is 7.19. The van der Waals surface area contributed by atoms with Crippen LogP contribution in [0, 0.1) is 0 Å². The molecule has 0 bridgehead atoms. The third kappa shape index (κ3) is 2.28. The summed E-state index contributed by atoms with van der Waals surface area (Å²) in [6, 6.07) is 10.0. The molecule has 1 amide bonds. The fourth-order valence-electron chi connectivity index (χ4n) is 2.01. The number of benzene rings is 2. The van der Waals surface area contributed by atoms with E-state index >= 15 is 0 Å². The van der Waals surface area contributed by atoms with Gasteiger partial charge in [0.25, 0.3) is 0 Å². The van der Waals surface area contributed by atoms with Crippen LogP contribution in [0.15, 0.2) is 40.9 Å². The second-order valence-corrected chi connectivity index (χ2v) is 5.63. The molecule has 1 unspecified atom stereocenters. The van der Waals surface area contributed by atoms with Crippen LogP contribution in [0.4, 0.5) is 5.69 Å². The van der Waals surface area contributed by atoms with Crippen molar-refractivity contribution in [3.8, 4) is 11.5 Å². The highest BCUT2D eigenvalue weighted by Crippen LogP contribution is 2.40. The number of carbonyl (C=O) groups excluding carboxylic acids is 1. The average Bonchev–Trinajstić information content (AvgIpc) is 2.69. The Morgan fingerprint density at radius 2 is 2.00 bits per heavy atom. The Labute approximate surface area is 129 Å². The zero-order chi connectivity index (χ0) is 14.3. The Kier molecular flexibility index (Phi) is 3.41. The maximum atomic E-state index is 11.6. The molecule has 0 saturated carbocycles. The van der Waals surface area contributed by atoms with Gasteiger partial charge in [-0.15, -0.1) is 0 Å². The van der Waals surface area contributed by atoms with Gasteiger partial charge < -0.3 is 15.8 Å². The van der Waals surface area contributed by atoms with E-state index in [4.69, 9.17) is 22.1 Å². The lowest BCUT2D eigenvalue weighted by atomic mass is 10.1. The molecule has 3 rings (SSSR count). The molecule has 102 valence electrons. The highest BCUT2D eigenvalue weighted by atomic mass is 79.9. The predicted octanol–water partition coefficient (Wildman–Crippen LogP) is 3.85. The van der Waals surface area contributed by atoms with Crippen LogP contribution in [0.1, 0.15) is 11.6 Å². The molecule has 0 saturated heterocycles. The molecule has 1 aliphatic heterocycles. The second kappa shape index (κ2) is 5.09. The first-order chi connectivity index (χ1) is 9.56. The van der Waals surface area contributed by atoms with E-state index < -0.39 is 6.04 Å². The van der Waals surface area contributed by atoms with Gasteiger partial charge in [0, 0.05) is 17.3 Å². The number of para-hydroxylation sites is 1. The van der Waals surface area contributed by atoms with Crippen LogP contribution < -0.4 is 15.8 Å². The van der Waals surface area contributed by atoms with E-state index in [-0.39, 0.29) is 5.91 Å². The number of rotatable bonds is 2. The van der Waals surface area contributed by atoms with Gasteiger partial charge in [-0.05, 0) is 34.1 Å². The number of hydrogen-bond acceptors (Lipinski definition) is 3. The molecule has 0 fully saturated rings. The molecule has 4 nitrogen and oxygen atoms in total. The maximum absolute atomic E-state index is 11.6. The van der Waals surface area contributed by atoms with Crippen LogP contribution in [0.5, 0.6) is 11.5 Å². The smallest absolute Gasteiger partial charge is 0.245 e. The van der Waals surface area contributed by atoms with Crippen molar-refractivity contribution in [3.63, 3.8) is 0 Å². The lowest BCUT2D eigenvalue weighted by Gasteiger charge is -2.11. The summed E-state index contributed by atoms with van der Waals surface area (Å²) >= 11 is 9.48. The van der Waals surface area contributed by atoms with Crippen molar-refractivity contribution in [2.45, 2.75) is 6.04 Å². The van der Waals surface area contributed by atoms with E-state index in [2.05, 4.69) is 21.2 Å². The monoisotopic (exact) mass is 352 g/mol. The van der Waals surface area contributed by atoms with Gasteiger partial charge in [0.2, 0.25) is 5.91 Å². The molecule has 2 aromatic rings. The average molecular weight is 354 g/mol. The molecule has 3 N–H and O–H groups in total. The maximum Gasteiger partial charge on any atom is 0.245 e.